The van der Waals surface area contributed by atoms with Gasteiger partial charge in [-0.1, -0.05) is 6.07 Å². The molecule has 1 rings (SSSR count). The van der Waals surface area contributed by atoms with Gasteiger partial charge in [0.25, 0.3) is 0 Å². The molecule has 0 aromatic carbocycles. The summed E-state index contributed by atoms with van der Waals surface area (Å²) in [6, 6.07) is 5.67. The fraction of sp³-hybridized carbons (Fsp3) is 0.400. The van der Waals surface area contributed by atoms with Gasteiger partial charge in [-0.15, -0.1) is 0 Å². The lowest BCUT2D eigenvalue weighted by molar-refractivity contribution is -0.119. The highest BCUT2D eigenvalue weighted by molar-refractivity contribution is 9.10. The molecule has 0 radical (unpaired) electrons. The van der Waals surface area contributed by atoms with Crippen molar-refractivity contribution in [2.45, 2.75) is 19.9 Å². The Bertz CT molecular complexity index is 341. The SMILES string of the molecule is CC(C)NC(=O)CNc1cccc(Br)n1. The summed E-state index contributed by atoms with van der Waals surface area (Å²) in [6.07, 6.45) is 0. The topological polar surface area (TPSA) is 54.0 Å². The third-order valence-corrected chi connectivity index (χ3v) is 2.04. The van der Waals surface area contributed by atoms with Gasteiger partial charge in [0.1, 0.15) is 10.4 Å². The van der Waals surface area contributed by atoms with E-state index in [1.54, 1.807) is 0 Å². The first kappa shape index (κ1) is 12.0. The second kappa shape index (κ2) is 5.70. The van der Waals surface area contributed by atoms with E-state index in [-0.39, 0.29) is 18.5 Å². The van der Waals surface area contributed by atoms with Crippen molar-refractivity contribution in [3.8, 4) is 0 Å². The number of anilines is 1. The molecule has 1 amide bonds. The number of amides is 1. The molecule has 0 fully saturated rings. The molecule has 1 aromatic rings. The van der Waals surface area contributed by atoms with E-state index in [9.17, 15) is 4.79 Å². The first-order chi connectivity index (χ1) is 7.08. The molecule has 0 bridgehead atoms. The zero-order valence-corrected chi connectivity index (χ0v) is 10.3. The van der Waals surface area contributed by atoms with Crippen LogP contribution in [-0.4, -0.2) is 23.5 Å². The third kappa shape index (κ3) is 4.78. The van der Waals surface area contributed by atoms with Crippen LogP contribution < -0.4 is 10.6 Å². The number of halogens is 1. The average molecular weight is 272 g/mol. The Hall–Kier alpha value is -1.10. The number of hydrogen-bond donors (Lipinski definition) is 2. The Morgan fingerprint density at radius 3 is 2.87 bits per heavy atom. The minimum Gasteiger partial charge on any atom is -0.361 e. The maximum Gasteiger partial charge on any atom is 0.239 e. The number of hydrogen-bond acceptors (Lipinski definition) is 3. The zero-order chi connectivity index (χ0) is 11.3. The van der Waals surface area contributed by atoms with E-state index >= 15 is 0 Å². The maximum absolute atomic E-state index is 11.3. The van der Waals surface area contributed by atoms with Crippen LogP contribution in [0.15, 0.2) is 22.8 Å². The highest BCUT2D eigenvalue weighted by Gasteiger charge is 2.02. The smallest absolute Gasteiger partial charge is 0.239 e. The highest BCUT2D eigenvalue weighted by atomic mass is 79.9. The van der Waals surface area contributed by atoms with Crippen molar-refractivity contribution in [1.29, 1.82) is 0 Å². The summed E-state index contributed by atoms with van der Waals surface area (Å²) in [5, 5.41) is 5.72. The van der Waals surface area contributed by atoms with E-state index in [1.165, 1.54) is 0 Å². The van der Waals surface area contributed by atoms with Gasteiger partial charge in [0.05, 0.1) is 6.54 Å². The van der Waals surface area contributed by atoms with Gasteiger partial charge < -0.3 is 10.6 Å². The Kier molecular flexibility index (Phi) is 4.55. The van der Waals surface area contributed by atoms with Crippen LogP contribution in [0.4, 0.5) is 5.82 Å². The summed E-state index contributed by atoms with van der Waals surface area (Å²) in [6.45, 7) is 4.09. The Morgan fingerprint density at radius 1 is 1.53 bits per heavy atom. The Morgan fingerprint density at radius 2 is 2.27 bits per heavy atom. The molecule has 0 saturated carbocycles. The first-order valence-electron chi connectivity index (χ1n) is 4.73. The molecule has 5 heteroatoms. The van der Waals surface area contributed by atoms with Crippen LogP contribution in [0.2, 0.25) is 0 Å². The normalized spacial score (nSPS) is 10.1. The minimum absolute atomic E-state index is 0.0354. The van der Waals surface area contributed by atoms with Crippen LogP contribution in [0.25, 0.3) is 0 Å². The van der Waals surface area contributed by atoms with Crippen molar-refractivity contribution in [1.82, 2.24) is 10.3 Å². The molecule has 0 unspecified atom stereocenters. The molecule has 1 heterocycles. The van der Waals surface area contributed by atoms with E-state index in [4.69, 9.17) is 0 Å². The number of nitrogens with zero attached hydrogens (tertiary/aromatic N) is 1. The summed E-state index contributed by atoms with van der Waals surface area (Å²) in [7, 11) is 0. The van der Waals surface area contributed by atoms with Gasteiger partial charge in [-0.25, -0.2) is 4.98 Å². The second-order valence-corrected chi connectivity index (χ2v) is 4.23. The molecule has 0 aliphatic carbocycles. The standard InChI is InChI=1S/C10H14BrN3O/c1-7(2)13-10(15)6-12-9-5-3-4-8(11)14-9/h3-5,7H,6H2,1-2H3,(H,12,14)(H,13,15). The van der Waals surface area contributed by atoms with Gasteiger partial charge in [0.2, 0.25) is 5.91 Å². The number of carbonyl (C=O) groups excluding carboxylic acids is 1. The molecule has 0 saturated heterocycles. The van der Waals surface area contributed by atoms with Gasteiger partial charge in [-0.3, -0.25) is 4.79 Å². The third-order valence-electron chi connectivity index (χ3n) is 1.59. The summed E-state index contributed by atoms with van der Waals surface area (Å²) < 4.78 is 0.747. The number of carbonyl (C=O) groups is 1. The molecular formula is C10H14BrN3O. The van der Waals surface area contributed by atoms with Gasteiger partial charge in [-0.05, 0) is 41.9 Å². The van der Waals surface area contributed by atoms with E-state index in [0.717, 1.165) is 4.60 Å². The van der Waals surface area contributed by atoms with Gasteiger partial charge in [0, 0.05) is 6.04 Å². The fourth-order valence-corrected chi connectivity index (χ4v) is 1.39. The molecule has 0 atom stereocenters. The predicted octanol–water partition coefficient (Wildman–Crippen LogP) is 1.78. The first-order valence-corrected chi connectivity index (χ1v) is 5.53. The summed E-state index contributed by atoms with van der Waals surface area (Å²) in [4.78, 5) is 15.4. The van der Waals surface area contributed by atoms with E-state index in [2.05, 4.69) is 31.5 Å². The Balaban J connectivity index is 2.40. The highest BCUT2D eigenvalue weighted by Crippen LogP contribution is 2.09. The van der Waals surface area contributed by atoms with Crippen LogP contribution in [0.5, 0.6) is 0 Å². The number of aromatic nitrogens is 1. The molecule has 15 heavy (non-hydrogen) atoms. The number of pyridine rings is 1. The lowest BCUT2D eigenvalue weighted by Crippen LogP contribution is -2.34. The van der Waals surface area contributed by atoms with Crippen LogP contribution in [-0.2, 0) is 4.79 Å². The quantitative estimate of drug-likeness (QED) is 0.821. The second-order valence-electron chi connectivity index (χ2n) is 3.42. The fourth-order valence-electron chi connectivity index (χ4n) is 1.05. The van der Waals surface area contributed by atoms with Crippen LogP contribution >= 0.6 is 15.9 Å². The molecule has 0 spiro atoms. The van der Waals surface area contributed by atoms with Crippen molar-refractivity contribution >= 4 is 27.7 Å². The molecule has 0 aliphatic heterocycles. The van der Waals surface area contributed by atoms with Crippen LogP contribution in [0.1, 0.15) is 13.8 Å². The molecular weight excluding hydrogens is 258 g/mol. The van der Waals surface area contributed by atoms with Crippen molar-refractivity contribution in [2.75, 3.05) is 11.9 Å². The molecule has 4 nitrogen and oxygen atoms in total. The van der Waals surface area contributed by atoms with E-state index in [1.807, 2.05) is 32.0 Å². The average Bonchev–Trinajstić information content (AvgIpc) is 2.14. The molecule has 2 N–H and O–H groups in total. The lowest BCUT2D eigenvalue weighted by atomic mass is 10.4. The van der Waals surface area contributed by atoms with Crippen molar-refractivity contribution < 1.29 is 4.79 Å². The predicted molar refractivity (Wildman–Crippen MR) is 63.7 cm³/mol. The molecule has 82 valence electrons. The van der Waals surface area contributed by atoms with Crippen LogP contribution in [0.3, 0.4) is 0 Å². The van der Waals surface area contributed by atoms with Gasteiger partial charge in [-0.2, -0.15) is 0 Å². The van der Waals surface area contributed by atoms with Crippen molar-refractivity contribution in [3.63, 3.8) is 0 Å². The molecule has 1 aromatic heterocycles. The number of rotatable bonds is 4. The van der Waals surface area contributed by atoms with Crippen molar-refractivity contribution in [3.05, 3.63) is 22.8 Å². The Labute approximate surface area is 97.6 Å². The summed E-state index contributed by atoms with van der Waals surface area (Å²) in [5.74, 6) is 0.648. The van der Waals surface area contributed by atoms with Gasteiger partial charge in [0.15, 0.2) is 0 Å². The van der Waals surface area contributed by atoms with Gasteiger partial charge >= 0.3 is 0 Å². The summed E-state index contributed by atoms with van der Waals surface area (Å²) >= 11 is 3.26. The monoisotopic (exact) mass is 271 g/mol. The van der Waals surface area contributed by atoms with Crippen LogP contribution in [0, 0.1) is 0 Å². The maximum atomic E-state index is 11.3. The lowest BCUT2D eigenvalue weighted by Gasteiger charge is -2.09. The summed E-state index contributed by atoms with van der Waals surface area (Å²) in [5.41, 5.74) is 0. The zero-order valence-electron chi connectivity index (χ0n) is 8.75. The molecule has 0 aliphatic rings. The van der Waals surface area contributed by atoms with Crippen molar-refractivity contribution in [2.24, 2.45) is 0 Å². The largest absolute Gasteiger partial charge is 0.361 e. The minimum atomic E-state index is -0.0354. The van der Waals surface area contributed by atoms with E-state index in [0.29, 0.717) is 5.82 Å². The van der Waals surface area contributed by atoms with E-state index < -0.39 is 0 Å². The number of nitrogens with one attached hydrogen (secondary N) is 2.